The highest BCUT2D eigenvalue weighted by Crippen LogP contribution is 2.57. The number of carbonyl (C=O) groups is 5. The van der Waals surface area contributed by atoms with Crippen LogP contribution in [0.15, 0.2) is 53.4 Å². The van der Waals surface area contributed by atoms with E-state index in [1.807, 2.05) is 30.3 Å². The van der Waals surface area contributed by atoms with Crippen LogP contribution in [0.2, 0.25) is 0 Å². The molecule has 2 atom stereocenters. The van der Waals surface area contributed by atoms with Crippen LogP contribution >= 0.6 is 0 Å². The molecule has 0 unspecified atom stereocenters. The van der Waals surface area contributed by atoms with Crippen molar-refractivity contribution < 1.29 is 38.9 Å². The Kier molecular flexibility index (Phi) is 7.13. The fourth-order valence-electron chi connectivity index (χ4n) is 5.77. The number of carbonyl (C=O) groups excluding carboxylic acids is 5. The van der Waals surface area contributed by atoms with E-state index in [0.717, 1.165) is 11.8 Å². The van der Waals surface area contributed by atoms with Gasteiger partial charge in [0.1, 0.15) is 34.0 Å². The molecular formula is C31H31N3O8. The SMILES string of the molecule is CC(=O)c1c(O)c(C)c(O)c2c1OC1=CC(=O)/C(=C(/C)NCCNC(=O)[C@@H]3CC(=O)N(c4ccccc4)C3)C(=O)[C@@]12C. The summed E-state index contributed by atoms with van der Waals surface area (Å²) in [4.78, 5) is 66.0. The number of Topliss-reactive ketones (excluding diaryl/α,β-unsaturated/α-hetero) is 2. The molecule has 218 valence electrons. The van der Waals surface area contributed by atoms with Crippen LogP contribution in [-0.2, 0) is 24.6 Å². The predicted molar refractivity (Wildman–Crippen MR) is 151 cm³/mol. The number of ketones is 3. The van der Waals surface area contributed by atoms with Crippen molar-refractivity contribution in [1.29, 1.82) is 0 Å². The Labute approximate surface area is 241 Å². The first-order valence-corrected chi connectivity index (χ1v) is 13.5. The van der Waals surface area contributed by atoms with Crippen molar-refractivity contribution in [3.8, 4) is 17.2 Å². The van der Waals surface area contributed by atoms with Gasteiger partial charge in [0.15, 0.2) is 17.3 Å². The van der Waals surface area contributed by atoms with E-state index in [4.69, 9.17) is 4.74 Å². The van der Waals surface area contributed by atoms with Crippen LogP contribution in [0.4, 0.5) is 5.69 Å². The van der Waals surface area contributed by atoms with E-state index >= 15 is 0 Å². The summed E-state index contributed by atoms with van der Waals surface area (Å²) < 4.78 is 5.77. The first kappa shape index (κ1) is 28.6. The quantitative estimate of drug-likeness (QED) is 0.169. The third-order valence-corrected chi connectivity index (χ3v) is 8.14. The van der Waals surface area contributed by atoms with Gasteiger partial charge >= 0.3 is 0 Å². The van der Waals surface area contributed by atoms with Crippen LogP contribution < -0.4 is 20.3 Å². The fraction of sp³-hybridized carbons (Fsp3) is 0.323. The number of hydrogen-bond acceptors (Lipinski definition) is 9. The Hall–Kier alpha value is -4.93. The van der Waals surface area contributed by atoms with Crippen molar-refractivity contribution in [3.63, 3.8) is 0 Å². The third kappa shape index (κ3) is 4.41. The number of anilines is 1. The van der Waals surface area contributed by atoms with E-state index in [1.54, 1.807) is 11.8 Å². The minimum absolute atomic E-state index is 0.0139. The lowest BCUT2D eigenvalue weighted by molar-refractivity contribution is -0.126. The van der Waals surface area contributed by atoms with E-state index < -0.39 is 40.2 Å². The lowest BCUT2D eigenvalue weighted by Gasteiger charge is -2.29. The van der Waals surface area contributed by atoms with Crippen molar-refractivity contribution in [1.82, 2.24) is 10.6 Å². The summed E-state index contributed by atoms with van der Waals surface area (Å²) in [6, 6.07) is 9.14. The molecule has 11 nitrogen and oxygen atoms in total. The molecule has 2 heterocycles. The van der Waals surface area contributed by atoms with Crippen molar-refractivity contribution in [2.24, 2.45) is 5.92 Å². The summed E-state index contributed by atoms with van der Waals surface area (Å²) in [7, 11) is 0. The number of amides is 2. The van der Waals surface area contributed by atoms with Gasteiger partial charge in [-0.2, -0.15) is 0 Å². The molecule has 0 saturated carbocycles. The minimum Gasteiger partial charge on any atom is -0.507 e. The van der Waals surface area contributed by atoms with Gasteiger partial charge in [0.25, 0.3) is 0 Å². The molecule has 0 bridgehead atoms. The van der Waals surface area contributed by atoms with E-state index in [1.165, 1.54) is 20.8 Å². The Balaban J connectivity index is 1.29. The average Bonchev–Trinajstić information content (AvgIpc) is 3.48. The largest absolute Gasteiger partial charge is 0.507 e. The Morgan fingerprint density at radius 3 is 2.38 bits per heavy atom. The monoisotopic (exact) mass is 573 g/mol. The van der Waals surface area contributed by atoms with E-state index in [-0.39, 0.29) is 77.3 Å². The molecule has 4 N–H and O–H groups in total. The standard InChI is InChI=1S/C31H31N3O8/c1-15-26(38)24(17(3)35)28-25(27(15)39)31(4)21(42-28)13-20(36)23(29(31)40)16(2)32-10-11-33-30(41)18-12-22(37)34(14-18)19-8-6-5-7-9-19/h5-9,13,18,32,38-39H,10-12,14H2,1-4H3,(H,33,41)/b23-16+/t18-,31+/m1/s1. The number of aromatic hydroxyl groups is 2. The summed E-state index contributed by atoms with van der Waals surface area (Å²) in [5.41, 5.74) is -0.911. The van der Waals surface area contributed by atoms with Crippen molar-refractivity contribution >= 4 is 34.9 Å². The molecule has 2 aliphatic heterocycles. The zero-order valence-corrected chi connectivity index (χ0v) is 23.7. The van der Waals surface area contributed by atoms with Gasteiger partial charge < -0.3 is 30.5 Å². The fourth-order valence-corrected chi connectivity index (χ4v) is 5.77. The van der Waals surface area contributed by atoms with Gasteiger partial charge in [-0.1, -0.05) is 18.2 Å². The molecule has 2 amide bonds. The van der Waals surface area contributed by atoms with Gasteiger partial charge in [0, 0.05) is 49.1 Å². The molecule has 0 aromatic heterocycles. The molecule has 1 fully saturated rings. The first-order valence-electron chi connectivity index (χ1n) is 13.5. The molecule has 42 heavy (non-hydrogen) atoms. The number of benzene rings is 2. The lowest BCUT2D eigenvalue weighted by atomic mass is 9.70. The molecule has 0 spiro atoms. The second kappa shape index (κ2) is 10.5. The van der Waals surface area contributed by atoms with Crippen molar-refractivity contribution in [2.45, 2.75) is 39.5 Å². The molecule has 3 aliphatic rings. The van der Waals surface area contributed by atoms with Crippen LogP contribution in [0.1, 0.15) is 48.7 Å². The summed E-state index contributed by atoms with van der Waals surface area (Å²) >= 11 is 0. The number of nitrogens with zero attached hydrogens (tertiary/aromatic N) is 1. The van der Waals surface area contributed by atoms with Crippen LogP contribution in [0.5, 0.6) is 17.2 Å². The van der Waals surface area contributed by atoms with Crippen LogP contribution in [0.25, 0.3) is 0 Å². The molecular weight excluding hydrogens is 542 g/mol. The highest BCUT2D eigenvalue weighted by atomic mass is 16.5. The number of para-hydroxylation sites is 1. The minimum atomic E-state index is -1.61. The second-order valence-corrected chi connectivity index (χ2v) is 10.8. The zero-order chi connectivity index (χ0) is 30.5. The van der Waals surface area contributed by atoms with Gasteiger partial charge in [-0.05, 0) is 39.8 Å². The highest BCUT2D eigenvalue weighted by Gasteiger charge is 2.56. The molecule has 2 aromatic carbocycles. The summed E-state index contributed by atoms with van der Waals surface area (Å²) in [6.07, 6.45) is 1.25. The number of nitrogens with one attached hydrogen (secondary N) is 2. The molecule has 5 rings (SSSR count). The van der Waals surface area contributed by atoms with Gasteiger partial charge in [-0.25, -0.2) is 0 Å². The Morgan fingerprint density at radius 1 is 1.05 bits per heavy atom. The highest BCUT2D eigenvalue weighted by molar-refractivity contribution is 6.31. The summed E-state index contributed by atoms with van der Waals surface area (Å²) in [6.45, 7) is 6.34. The molecule has 2 aromatic rings. The lowest BCUT2D eigenvalue weighted by Crippen LogP contribution is -2.42. The molecule has 1 saturated heterocycles. The number of fused-ring (bicyclic) bond motifs is 3. The second-order valence-electron chi connectivity index (χ2n) is 10.8. The smallest absolute Gasteiger partial charge is 0.227 e. The van der Waals surface area contributed by atoms with Crippen molar-refractivity contribution in [3.05, 3.63) is 70.1 Å². The van der Waals surface area contributed by atoms with Gasteiger partial charge in [0.2, 0.25) is 11.8 Å². The Morgan fingerprint density at radius 2 is 1.71 bits per heavy atom. The number of phenols is 2. The normalized spacial score (nSPS) is 22.3. The summed E-state index contributed by atoms with van der Waals surface area (Å²) in [5, 5.41) is 27.2. The topological polar surface area (TPSA) is 162 Å². The van der Waals surface area contributed by atoms with Crippen LogP contribution in [0.3, 0.4) is 0 Å². The Bertz CT molecular complexity index is 1620. The first-order chi connectivity index (χ1) is 19.9. The predicted octanol–water partition coefficient (Wildman–Crippen LogP) is 2.33. The number of ether oxygens (including phenoxy) is 1. The molecule has 11 heteroatoms. The molecule has 0 radical (unpaired) electrons. The maximum Gasteiger partial charge on any atom is 0.227 e. The average molecular weight is 574 g/mol. The van der Waals surface area contributed by atoms with Crippen LogP contribution in [-0.4, -0.2) is 59.0 Å². The maximum absolute atomic E-state index is 13.9. The van der Waals surface area contributed by atoms with E-state index in [9.17, 15) is 34.2 Å². The number of allylic oxidation sites excluding steroid dienone is 4. The zero-order valence-electron chi connectivity index (χ0n) is 23.7. The van der Waals surface area contributed by atoms with Crippen LogP contribution in [0, 0.1) is 12.8 Å². The van der Waals surface area contributed by atoms with Crippen molar-refractivity contribution in [2.75, 3.05) is 24.5 Å². The number of rotatable bonds is 7. The number of phenolic OH excluding ortho intramolecular Hbond substituents is 2. The van der Waals surface area contributed by atoms with Gasteiger partial charge in [0.05, 0.1) is 17.1 Å². The summed E-state index contributed by atoms with van der Waals surface area (Å²) in [5.74, 6) is -3.73. The molecule has 1 aliphatic carbocycles. The van der Waals surface area contributed by atoms with Gasteiger partial charge in [-0.15, -0.1) is 0 Å². The third-order valence-electron chi connectivity index (χ3n) is 8.14. The number of hydrogen-bond donors (Lipinski definition) is 4. The van der Waals surface area contributed by atoms with E-state index in [2.05, 4.69) is 10.6 Å². The van der Waals surface area contributed by atoms with E-state index in [0.29, 0.717) is 0 Å². The van der Waals surface area contributed by atoms with Gasteiger partial charge in [-0.3, -0.25) is 24.0 Å². The maximum atomic E-state index is 13.9.